The first-order valence-corrected chi connectivity index (χ1v) is 6.60. The maximum absolute atomic E-state index is 13.2. The molecule has 0 saturated heterocycles. The Kier molecular flexibility index (Phi) is 4.64. The molecule has 0 atom stereocenters. The van der Waals surface area contributed by atoms with Crippen LogP contribution in [0.2, 0.25) is 0 Å². The molecule has 5 nitrogen and oxygen atoms in total. The van der Waals surface area contributed by atoms with E-state index in [1.165, 1.54) is 12.1 Å². The van der Waals surface area contributed by atoms with Crippen molar-refractivity contribution >= 4 is 27.9 Å². The number of benzene rings is 2. The van der Waals surface area contributed by atoms with Crippen LogP contribution in [-0.4, -0.2) is 11.2 Å². The third-order valence-electron chi connectivity index (χ3n) is 2.67. The molecule has 2 aromatic rings. The van der Waals surface area contributed by atoms with Crippen molar-refractivity contribution in [2.75, 3.05) is 0 Å². The first-order valence-electron chi connectivity index (χ1n) is 5.81. The molecule has 0 amide bonds. The zero-order chi connectivity index (χ0) is 15.4. The lowest BCUT2D eigenvalue weighted by Crippen LogP contribution is -2.01. The van der Waals surface area contributed by atoms with Gasteiger partial charge in [0.2, 0.25) is 0 Å². The summed E-state index contributed by atoms with van der Waals surface area (Å²) in [6, 6.07) is 8.10. The molecule has 0 saturated carbocycles. The molecule has 0 bridgehead atoms. The van der Waals surface area contributed by atoms with E-state index in [0.29, 0.717) is 16.3 Å². The van der Waals surface area contributed by atoms with E-state index in [0.717, 1.165) is 12.1 Å². The van der Waals surface area contributed by atoms with Crippen molar-refractivity contribution in [1.82, 2.24) is 0 Å². The quantitative estimate of drug-likeness (QED) is 0.464. The number of halogens is 2. The fourth-order valence-corrected chi connectivity index (χ4v) is 2.07. The fourth-order valence-electron chi connectivity index (χ4n) is 1.73. The predicted octanol–water partition coefficient (Wildman–Crippen LogP) is 3.89. The Labute approximate surface area is 127 Å². The first-order chi connectivity index (χ1) is 9.99. The summed E-state index contributed by atoms with van der Waals surface area (Å²) in [6.07, 6.45) is 0.498. The standard InChI is InChI=1S/C14H9BrFNO4/c15-11-2-1-10(14(5-11)17(19)20)8-21-13-4-9(7-18)3-12(16)6-13/h1-7H,8H2. The van der Waals surface area contributed by atoms with Crippen LogP contribution in [0, 0.1) is 15.9 Å². The molecular formula is C14H9BrFNO4. The van der Waals surface area contributed by atoms with E-state index >= 15 is 0 Å². The highest BCUT2D eigenvalue weighted by molar-refractivity contribution is 9.10. The van der Waals surface area contributed by atoms with E-state index in [1.54, 1.807) is 12.1 Å². The van der Waals surface area contributed by atoms with Gasteiger partial charge in [0.05, 0.1) is 10.5 Å². The number of hydrogen-bond donors (Lipinski definition) is 0. The molecule has 0 radical (unpaired) electrons. The highest BCUT2D eigenvalue weighted by Crippen LogP contribution is 2.25. The molecule has 0 aliphatic carbocycles. The Morgan fingerprint density at radius 3 is 2.71 bits per heavy atom. The van der Waals surface area contributed by atoms with E-state index in [1.807, 2.05) is 0 Å². The van der Waals surface area contributed by atoms with E-state index < -0.39 is 10.7 Å². The topological polar surface area (TPSA) is 69.4 Å². The van der Waals surface area contributed by atoms with Crippen LogP contribution < -0.4 is 4.74 Å². The molecule has 0 aliphatic heterocycles. The molecule has 0 N–H and O–H groups in total. The number of carbonyl (C=O) groups excluding carboxylic acids is 1. The lowest BCUT2D eigenvalue weighted by atomic mass is 10.2. The van der Waals surface area contributed by atoms with Gasteiger partial charge in [0.25, 0.3) is 5.69 Å². The second-order valence-electron chi connectivity index (χ2n) is 4.16. The van der Waals surface area contributed by atoms with E-state index in [-0.39, 0.29) is 23.6 Å². The van der Waals surface area contributed by atoms with Crippen LogP contribution in [0.1, 0.15) is 15.9 Å². The van der Waals surface area contributed by atoms with E-state index in [2.05, 4.69) is 15.9 Å². The Balaban J connectivity index is 2.22. The number of carbonyl (C=O) groups is 1. The second-order valence-corrected chi connectivity index (χ2v) is 5.07. The molecule has 108 valence electrons. The van der Waals surface area contributed by atoms with Gasteiger partial charge in [-0.2, -0.15) is 0 Å². The third-order valence-corrected chi connectivity index (χ3v) is 3.16. The summed E-state index contributed by atoms with van der Waals surface area (Å²) in [7, 11) is 0. The molecular weight excluding hydrogens is 345 g/mol. The second kappa shape index (κ2) is 6.45. The van der Waals surface area contributed by atoms with Gasteiger partial charge in [-0.1, -0.05) is 15.9 Å². The van der Waals surface area contributed by atoms with E-state index in [9.17, 15) is 19.3 Å². The maximum atomic E-state index is 13.2. The number of rotatable bonds is 5. The smallest absolute Gasteiger partial charge is 0.277 e. The molecule has 2 rings (SSSR count). The van der Waals surface area contributed by atoms with Crippen molar-refractivity contribution < 1.29 is 18.8 Å². The highest BCUT2D eigenvalue weighted by Gasteiger charge is 2.14. The van der Waals surface area contributed by atoms with Gasteiger partial charge in [0, 0.05) is 22.2 Å². The van der Waals surface area contributed by atoms with Crippen molar-refractivity contribution in [2.45, 2.75) is 6.61 Å². The number of nitrogens with zero attached hydrogens (tertiary/aromatic N) is 1. The van der Waals surface area contributed by atoms with Gasteiger partial charge in [-0.05, 0) is 24.3 Å². The SMILES string of the molecule is O=Cc1cc(F)cc(OCc2ccc(Br)cc2[N+](=O)[O-])c1. The summed E-state index contributed by atoms with van der Waals surface area (Å²) in [6.45, 7) is -0.106. The van der Waals surface area contributed by atoms with Crippen LogP contribution in [0.4, 0.5) is 10.1 Å². The molecule has 0 aliphatic rings. The molecule has 0 heterocycles. The summed E-state index contributed by atoms with van der Waals surface area (Å²) < 4.78 is 19.2. The van der Waals surface area contributed by atoms with Crippen LogP contribution >= 0.6 is 15.9 Å². The monoisotopic (exact) mass is 353 g/mol. The number of hydrogen-bond acceptors (Lipinski definition) is 4. The van der Waals surface area contributed by atoms with Gasteiger partial charge in [0.15, 0.2) is 0 Å². The van der Waals surface area contributed by atoms with Crippen LogP contribution in [-0.2, 0) is 6.61 Å². The third kappa shape index (κ3) is 3.85. The Morgan fingerprint density at radius 1 is 1.29 bits per heavy atom. The van der Waals surface area contributed by atoms with Gasteiger partial charge in [-0.25, -0.2) is 4.39 Å². The number of nitro groups is 1. The summed E-state index contributed by atoms with van der Waals surface area (Å²) in [5, 5.41) is 11.0. The lowest BCUT2D eigenvalue weighted by molar-refractivity contribution is -0.385. The van der Waals surface area contributed by atoms with Crippen molar-refractivity contribution in [3.63, 3.8) is 0 Å². The minimum Gasteiger partial charge on any atom is -0.489 e. The number of nitro benzene ring substituents is 1. The van der Waals surface area contributed by atoms with Crippen molar-refractivity contribution in [3.8, 4) is 5.75 Å². The zero-order valence-electron chi connectivity index (χ0n) is 10.6. The van der Waals surface area contributed by atoms with Crippen LogP contribution in [0.3, 0.4) is 0 Å². The van der Waals surface area contributed by atoms with Crippen LogP contribution in [0.5, 0.6) is 5.75 Å². The largest absolute Gasteiger partial charge is 0.489 e. The molecule has 7 heteroatoms. The maximum Gasteiger partial charge on any atom is 0.277 e. The van der Waals surface area contributed by atoms with Gasteiger partial charge in [0.1, 0.15) is 24.5 Å². The van der Waals surface area contributed by atoms with Crippen LogP contribution in [0.25, 0.3) is 0 Å². The number of aldehydes is 1. The van der Waals surface area contributed by atoms with Gasteiger partial charge in [-0.3, -0.25) is 14.9 Å². The summed E-state index contributed by atoms with van der Waals surface area (Å²) in [5.74, 6) is -0.478. The van der Waals surface area contributed by atoms with Crippen LogP contribution in [0.15, 0.2) is 40.9 Å². The Hall–Kier alpha value is -2.28. The molecule has 0 fully saturated rings. The Morgan fingerprint density at radius 2 is 2.05 bits per heavy atom. The van der Waals surface area contributed by atoms with Crippen molar-refractivity contribution in [3.05, 3.63) is 67.9 Å². The first kappa shape index (κ1) is 15.1. The summed E-state index contributed by atoms with van der Waals surface area (Å²) >= 11 is 3.16. The van der Waals surface area contributed by atoms with Gasteiger partial charge >= 0.3 is 0 Å². The Bertz CT molecular complexity index is 705. The minimum absolute atomic E-state index is 0.101. The average Bonchev–Trinajstić information content (AvgIpc) is 2.45. The summed E-state index contributed by atoms with van der Waals surface area (Å²) in [4.78, 5) is 21.1. The van der Waals surface area contributed by atoms with Crippen molar-refractivity contribution in [2.24, 2.45) is 0 Å². The number of ether oxygens (including phenoxy) is 1. The highest BCUT2D eigenvalue weighted by atomic mass is 79.9. The minimum atomic E-state index is -0.611. The molecule has 0 unspecified atom stereocenters. The molecule has 0 spiro atoms. The zero-order valence-corrected chi connectivity index (χ0v) is 12.2. The molecule has 0 aromatic heterocycles. The summed E-state index contributed by atoms with van der Waals surface area (Å²) in [5.41, 5.74) is 0.381. The van der Waals surface area contributed by atoms with Crippen molar-refractivity contribution in [1.29, 1.82) is 0 Å². The lowest BCUT2D eigenvalue weighted by Gasteiger charge is -2.08. The molecule has 21 heavy (non-hydrogen) atoms. The predicted molar refractivity (Wildman–Crippen MR) is 76.9 cm³/mol. The normalized spacial score (nSPS) is 10.2. The average molecular weight is 354 g/mol. The fraction of sp³-hybridized carbons (Fsp3) is 0.0714. The van der Waals surface area contributed by atoms with Gasteiger partial charge in [-0.15, -0.1) is 0 Å². The molecule has 2 aromatic carbocycles. The van der Waals surface area contributed by atoms with E-state index in [4.69, 9.17) is 4.74 Å². The van der Waals surface area contributed by atoms with Gasteiger partial charge < -0.3 is 4.74 Å².